The highest BCUT2D eigenvalue weighted by Gasteiger charge is 2.33. The van der Waals surface area contributed by atoms with Gasteiger partial charge < -0.3 is 0 Å². The van der Waals surface area contributed by atoms with E-state index >= 15 is 0 Å². The molecule has 0 amide bonds. The summed E-state index contributed by atoms with van der Waals surface area (Å²) in [5.74, 6) is 0. The lowest BCUT2D eigenvalue weighted by Gasteiger charge is -2.34. The topological polar surface area (TPSA) is 0 Å². The van der Waals surface area contributed by atoms with Crippen molar-refractivity contribution in [3.8, 4) is 0 Å². The lowest BCUT2D eigenvalue weighted by molar-refractivity contribution is 0.924. The Morgan fingerprint density at radius 2 is 1.50 bits per heavy atom. The third-order valence-corrected chi connectivity index (χ3v) is 6.84. The first-order valence-electron chi connectivity index (χ1n) is 4.11. The molecule has 1 saturated heterocycles. The molecule has 1 aliphatic heterocycles. The van der Waals surface area contributed by atoms with Gasteiger partial charge in [0, 0.05) is 0 Å². The lowest BCUT2D eigenvalue weighted by Crippen LogP contribution is -2.37. The van der Waals surface area contributed by atoms with Gasteiger partial charge in [-0.1, -0.05) is 42.1 Å². The van der Waals surface area contributed by atoms with Crippen LogP contribution in [0.5, 0.6) is 0 Å². The normalized spacial score (nSPS) is 23.8. The van der Waals surface area contributed by atoms with Crippen LogP contribution in [0.2, 0.25) is 12.1 Å². The Hall–Kier alpha value is -0.303. The van der Waals surface area contributed by atoms with Crippen molar-refractivity contribution in [2.75, 3.05) is 0 Å². The number of rotatable bonds is 2. The van der Waals surface area contributed by atoms with Crippen LogP contribution in [0.3, 0.4) is 0 Å². The van der Waals surface area contributed by atoms with E-state index < -0.39 is 8.07 Å². The zero-order chi connectivity index (χ0) is 7.45. The van der Waals surface area contributed by atoms with Gasteiger partial charge >= 0.3 is 0 Å². The van der Waals surface area contributed by atoms with E-state index in [1.807, 2.05) is 0 Å². The molecule has 0 aromatic rings. The van der Waals surface area contributed by atoms with Crippen LogP contribution in [0, 0.1) is 0 Å². The first-order chi connectivity index (χ1) is 4.83. The van der Waals surface area contributed by atoms with Gasteiger partial charge in [0.2, 0.25) is 0 Å². The van der Waals surface area contributed by atoms with E-state index in [-0.39, 0.29) is 0 Å². The molecular weight excluding hydrogens is 136 g/mol. The van der Waals surface area contributed by atoms with Gasteiger partial charge in [-0.25, -0.2) is 0 Å². The van der Waals surface area contributed by atoms with Crippen LogP contribution in [0.4, 0.5) is 0 Å². The van der Waals surface area contributed by atoms with Crippen LogP contribution in [0.1, 0.15) is 20.3 Å². The predicted molar refractivity (Wildman–Crippen MR) is 49.6 cm³/mol. The van der Waals surface area contributed by atoms with E-state index in [9.17, 15) is 0 Å². The molecule has 0 spiro atoms. The molecule has 0 aromatic heterocycles. The Balaban J connectivity index is 2.59. The molecule has 0 atom stereocenters. The first kappa shape index (κ1) is 7.80. The van der Waals surface area contributed by atoms with E-state index in [1.165, 1.54) is 18.5 Å². The van der Waals surface area contributed by atoms with Crippen LogP contribution in [0.15, 0.2) is 23.6 Å². The Morgan fingerprint density at radius 1 is 1.00 bits per heavy atom. The van der Waals surface area contributed by atoms with E-state index in [4.69, 9.17) is 0 Å². The van der Waals surface area contributed by atoms with Gasteiger partial charge in [-0.2, -0.15) is 0 Å². The monoisotopic (exact) mass is 152 g/mol. The highest BCUT2D eigenvalue weighted by molar-refractivity contribution is 6.91. The molecule has 0 bridgehead atoms. The second-order valence-electron chi connectivity index (χ2n) is 3.09. The first-order valence-corrected chi connectivity index (χ1v) is 6.67. The highest BCUT2D eigenvalue weighted by Crippen LogP contribution is 2.34. The molecule has 1 aliphatic rings. The fraction of sp³-hybridized carbons (Fsp3) is 0.556. The van der Waals surface area contributed by atoms with Crippen molar-refractivity contribution >= 4 is 8.07 Å². The average molecular weight is 152 g/mol. The SMILES string of the molecule is C/C=C\[Si]1(/C=C\C)CCC1. The molecule has 56 valence electrons. The minimum absolute atomic E-state index is 0.904. The standard InChI is InChI=1S/C9H16Si/c1-3-6-10(7-4-2)8-5-9-10/h3-4,6-7H,5,8-9H2,1-2H3/b6-3-,7-4-. The predicted octanol–water partition coefficient (Wildman–Crippen LogP) is 3.07. The van der Waals surface area contributed by atoms with Gasteiger partial charge in [-0.15, -0.1) is 0 Å². The van der Waals surface area contributed by atoms with Crippen molar-refractivity contribution in [2.24, 2.45) is 0 Å². The Kier molecular flexibility index (Phi) is 2.49. The maximum absolute atomic E-state index is 2.47. The van der Waals surface area contributed by atoms with Gasteiger partial charge in [0.05, 0.1) is 0 Å². The molecule has 1 heteroatoms. The van der Waals surface area contributed by atoms with Crippen LogP contribution < -0.4 is 0 Å². The van der Waals surface area contributed by atoms with Crippen molar-refractivity contribution in [3.05, 3.63) is 23.6 Å². The van der Waals surface area contributed by atoms with E-state index in [1.54, 1.807) is 0 Å². The second-order valence-corrected chi connectivity index (χ2v) is 7.22. The van der Waals surface area contributed by atoms with Crippen molar-refractivity contribution in [1.82, 2.24) is 0 Å². The average Bonchev–Trinajstić information content (AvgIpc) is 1.84. The van der Waals surface area contributed by atoms with E-state index in [2.05, 4.69) is 37.4 Å². The van der Waals surface area contributed by atoms with E-state index in [0.717, 1.165) is 0 Å². The summed E-state index contributed by atoms with van der Waals surface area (Å²) in [7, 11) is -0.904. The number of hydrogen-bond acceptors (Lipinski definition) is 0. The van der Waals surface area contributed by atoms with Crippen LogP contribution in [0.25, 0.3) is 0 Å². The van der Waals surface area contributed by atoms with E-state index in [0.29, 0.717) is 0 Å². The number of allylic oxidation sites excluding steroid dienone is 2. The molecule has 0 aliphatic carbocycles. The fourth-order valence-corrected chi connectivity index (χ4v) is 4.91. The van der Waals surface area contributed by atoms with Crippen molar-refractivity contribution < 1.29 is 0 Å². The molecule has 0 saturated carbocycles. The summed E-state index contributed by atoms with van der Waals surface area (Å²) in [5, 5.41) is 0. The molecule has 0 N–H and O–H groups in total. The summed E-state index contributed by atoms with van der Waals surface area (Å²) in [6.07, 6.45) is 5.91. The summed E-state index contributed by atoms with van der Waals surface area (Å²) in [6, 6.07) is 2.98. The van der Waals surface area contributed by atoms with Gasteiger partial charge in [0.25, 0.3) is 0 Å². The molecule has 10 heavy (non-hydrogen) atoms. The minimum Gasteiger partial charge on any atom is -0.0952 e. The summed E-state index contributed by atoms with van der Waals surface area (Å²) >= 11 is 0. The highest BCUT2D eigenvalue weighted by atomic mass is 28.3. The summed E-state index contributed by atoms with van der Waals surface area (Å²) < 4.78 is 0. The van der Waals surface area contributed by atoms with Crippen molar-refractivity contribution in [2.45, 2.75) is 32.4 Å². The lowest BCUT2D eigenvalue weighted by atomic mass is 10.5. The molecule has 0 aromatic carbocycles. The molecule has 1 fully saturated rings. The molecular formula is C9H16Si. The summed E-state index contributed by atoms with van der Waals surface area (Å²) in [5.41, 5.74) is 4.94. The smallest absolute Gasteiger partial charge is 0.0952 e. The van der Waals surface area contributed by atoms with Gasteiger partial charge in [-0.05, 0) is 13.8 Å². The largest absolute Gasteiger partial charge is 0.101 e. The summed E-state index contributed by atoms with van der Waals surface area (Å²) in [6.45, 7) is 4.27. The molecule has 0 radical (unpaired) electrons. The maximum atomic E-state index is 2.47. The Morgan fingerprint density at radius 3 is 1.70 bits per heavy atom. The fourth-order valence-electron chi connectivity index (χ4n) is 1.64. The van der Waals surface area contributed by atoms with Gasteiger partial charge in [-0.3, -0.25) is 0 Å². The third-order valence-electron chi connectivity index (χ3n) is 2.28. The Labute approximate surface area is 64.7 Å². The van der Waals surface area contributed by atoms with Gasteiger partial charge in [0.15, 0.2) is 0 Å². The quantitative estimate of drug-likeness (QED) is 0.533. The number of hydrogen-bond donors (Lipinski definition) is 0. The molecule has 1 heterocycles. The minimum atomic E-state index is -0.904. The van der Waals surface area contributed by atoms with Crippen molar-refractivity contribution in [3.63, 3.8) is 0 Å². The Bertz CT molecular complexity index is 138. The zero-order valence-corrected chi connectivity index (χ0v) is 7.93. The third kappa shape index (κ3) is 1.40. The van der Waals surface area contributed by atoms with Crippen molar-refractivity contribution in [1.29, 1.82) is 0 Å². The molecule has 0 unspecified atom stereocenters. The van der Waals surface area contributed by atoms with Crippen LogP contribution >= 0.6 is 0 Å². The van der Waals surface area contributed by atoms with Crippen LogP contribution in [-0.2, 0) is 0 Å². The summed E-state index contributed by atoms with van der Waals surface area (Å²) in [4.78, 5) is 0. The zero-order valence-electron chi connectivity index (χ0n) is 6.93. The van der Waals surface area contributed by atoms with Crippen LogP contribution in [-0.4, -0.2) is 8.07 Å². The second kappa shape index (κ2) is 3.20. The molecule has 1 rings (SSSR count). The molecule has 0 nitrogen and oxygen atoms in total. The maximum Gasteiger partial charge on any atom is 0.101 e. The van der Waals surface area contributed by atoms with Gasteiger partial charge in [0.1, 0.15) is 8.07 Å².